The van der Waals surface area contributed by atoms with E-state index in [-0.39, 0.29) is 5.91 Å². The van der Waals surface area contributed by atoms with Crippen LogP contribution in [0.3, 0.4) is 0 Å². The summed E-state index contributed by atoms with van der Waals surface area (Å²) in [6, 6.07) is 16.2. The molecule has 2 aromatic heterocycles. The molecular formula is C25H20N4O2. The Kier molecular flexibility index (Phi) is 3.86. The van der Waals surface area contributed by atoms with Gasteiger partial charge in [0.2, 0.25) is 5.88 Å². The fourth-order valence-electron chi connectivity index (χ4n) is 4.34. The first-order valence-corrected chi connectivity index (χ1v) is 10.3. The molecule has 3 N–H and O–H groups in total. The zero-order valence-electron chi connectivity index (χ0n) is 17.0. The van der Waals surface area contributed by atoms with Crippen LogP contribution in [0.5, 0.6) is 5.88 Å². The molecule has 6 heteroatoms. The van der Waals surface area contributed by atoms with E-state index in [9.17, 15) is 4.79 Å². The van der Waals surface area contributed by atoms with Gasteiger partial charge in [-0.05, 0) is 53.8 Å². The number of aromatic nitrogens is 2. The summed E-state index contributed by atoms with van der Waals surface area (Å²) < 4.78 is 5.65. The smallest absolute Gasteiger partial charge is 0.256 e. The molecule has 6 nitrogen and oxygen atoms in total. The van der Waals surface area contributed by atoms with Gasteiger partial charge in [-0.2, -0.15) is 0 Å². The molecule has 0 bridgehead atoms. The summed E-state index contributed by atoms with van der Waals surface area (Å²) in [6.45, 7) is 3.45. The molecule has 0 spiro atoms. The minimum atomic E-state index is -0.0961. The van der Waals surface area contributed by atoms with Crippen molar-refractivity contribution in [1.29, 1.82) is 0 Å². The Morgan fingerprint density at radius 3 is 2.90 bits per heavy atom. The van der Waals surface area contributed by atoms with Crippen LogP contribution in [0.1, 0.15) is 16.8 Å². The van der Waals surface area contributed by atoms with Crippen molar-refractivity contribution in [1.82, 2.24) is 9.97 Å². The second-order valence-electron chi connectivity index (χ2n) is 7.84. The van der Waals surface area contributed by atoms with Crippen molar-refractivity contribution >= 4 is 39.8 Å². The Hall–Kier alpha value is -4.06. The zero-order valence-corrected chi connectivity index (χ0v) is 17.0. The molecule has 4 aromatic rings. The number of H-pyrrole nitrogens is 1. The van der Waals surface area contributed by atoms with E-state index in [4.69, 9.17) is 4.74 Å². The number of amides is 1. The number of nitrogens with one attached hydrogen (secondary N) is 3. The van der Waals surface area contributed by atoms with Gasteiger partial charge in [0, 0.05) is 40.8 Å². The van der Waals surface area contributed by atoms with E-state index in [2.05, 4.69) is 45.7 Å². The molecule has 152 valence electrons. The van der Waals surface area contributed by atoms with Crippen LogP contribution >= 0.6 is 0 Å². The number of pyridine rings is 1. The molecule has 1 amide bonds. The molecule has 31 heavy (non-hydrogen) atoms. The zero-order chi connectivity index (χ0) is 20.9. The van der Waals surface area contributed by atoms with Crippen LogP contribution in [-0.2, 0) is 4.79 Å². The van der Waals surface area contributed by atoms with Crippen LogP contribution in [0, 0.1) is 6.92 Å². The standard InChI is InChI=1S/C25H20N4O2/c1-14-20(13-27-25-23(14)26-8-9-31-25)15-6-7-22-18(11-15)19(24(30)29-22)12-17-10-16-4-2-3-5-21(16)28-17/h2-7,10-13,26,28H,8-9H2,1H3,(H,29,30). The number of carbonyl (C=O) groups excluding carboxylic acids is 1. The molecule has 0 aliphatic carbocycles. The van der Waals surface area contributed by atoms with Crippen molar-refractivity contribution in [3.8, 4) is 17.0 Å². The molecular weight excluding hydrogens is 388 g/mol. The lowest BCUT2D eigenvalue weighted by Gasteiger charge is -2.21. The summed E-state index contributed by atoms with van der Waals surface area (Å²) in [5.74, 6) is 0.547. The SMILES string of the molecule is Cc1c(-c2ccc3c(c2)C(=Cc2cc4ccccc4[nH]2)C(=O)N3)cnc2c1NCCO2. The molecule has 0 saturated carbocycles. The Morgan fingerprint density at radius 2 is 2.00 bits per heavy atom. The van der Waals surface area contributed by atoms with Crippen molar-refractivity contribution in [3.05, 3.63) is 71.5 Å². The number of carbonyl (C=O) groups is 1. The molecule has 0 unspecified atom stereocenters. The summed E-state index contributed by atoms with van der Waals surface area (Å²) >= 11 is 0. The lowest BCUT2D eigenvalue weighted by atomic mass is 9.96. The van der Waals surface area contributed by atoms with E-state index in [1.807, 2.05) is 42.6 Å². The summed E-state index contributed by atoms with van der Waals surface area (Å²) in [7, 11) is 0. The Labute approximate surface area is 179 Å². The average molecular weight is 408 g/mol. The maximum Gasteiger partial charge on any atom is 0.256 e. The predicted molar refractivity (Wildman–Crippen MR) is 123 cm³/mol. The third-order valence-electron chi connectivity index (χ3n) is 5.91. The van der Waals surface area contributed by atoms with E-state index >= 15 is 0 Å². The van der Waals surface area contributed by atoms with Gasteiger partial charge in [-0.3, -0.25) is 4.79 Å². The Balaban J connectivity index is 1.45. The number of rotatable bonds is 2. The number of aromatic amines is 1. The van der Waals surface area contributed by atoms with Crippen molar-refractivity contribution in [2.75, 3.05) is 23.8 Å². The first kappa shape index (κ1) is 17.8. The first-order valence-electron chi connectivity index (χ1n) is 10.3. The van der Waals surface area contributed by atoms with E-state index in [1.165, 1.54) is 0 Å². The van der Waals surface area contributed by atoms with Gasteiger partial charge in [0.05, 0.1) is 5.57 Å². The van der Waals surface area contributed by atoms with Crippen LogP contribution in [-0.4, -0.2) is 29.0 Å². The van der Waals surface area contributed by atoms with Crippen molar-refractivity contribution in [2.45, 2.75) is 6.92 Å². The van der Waals surface area contributed by atoms with Gasteiger partial charge in [-0.1, -0.05) is 24.3 Å². The van der Waals surface area contributed by atoms with E-state index in [1.54, 1.807) is 0 Å². The third kappa shape index (κ3) is 2.87. The average Bonchev–Trinajstić information content (AvgIpc) is 3.34. The second kappa shape index (κ2) is 6.74. The lowest BCUT2D eigenvalue weighted by Crippen LogP contribution is -2.20. The molecule has 6 rings (SSSR count). The number of para-hydroxylation sites is 1. The number of hydrogen-bond acceptors (Lipinski definition) is 4. The number of anilines is 2. The van der Waals surface area contributed by atoms with Gasteiger partial charge in [0.25, 0.3) is 5.91 Å². The minimum Gasteiger partial charge on any atom is -0.474 e. The molecule has 2 aliphatic rings. The van der Waals surface area contributed by atoms with Gasteiger partial charge in [-0.25, -0.2) is 4.98 Å². The highest BCUT2D eigenvalue weighted by Crippen LogP contribution is 2.39. The highest BCUT2D eigenvalue weighted by Gasteiger charge is 2.25. The minimum absolute atomic E-state index is 0.0961. The quantitative estimate of drug-likeness (QED) is 0.415. The van der Waals surface area contributed by atoms with Crippen molar-refractivity contribution in [3.63, 3.8) is 0 Å². The Bertz CT molecular complexity index is 1370. The molecule has 2 aliphatic heterocycles. The third-order valence-corrected chi connectivity index (χ3v) is 5.91. The van der Waals surface area contributed by atoms with Gasteiger partial charge < -0.3 is 20.4 Å². The van der Waals surface area contributed by atoms with Gasteiger partial charge in [-0.15, -0.1) is 0 Å². The number of nitrogens with zero attached hydrogens (tertiary/aromatic N) is 1. The molecule has 0 radical (unpaired) electrons. The van der Waals surface area contributed by atoms with Gasteiger partial charge >= 0.3 is 0 Å². The summed E-state index contributed by atoms with van der Waals surface area (Å²) in [5, 5.41) is 7.48. The first-order chi connectivity index (χ1) is 15.2. The molecule has 0 fully saturated rings. The fraction of sp³-hybridized carbons (Fsp3) is 0.120. The van der Waals surface area contributed by atoms with Crippen molar-refractivity contribution in [2.24, 2.45) is 0 Å². The van der Waals surface area contributed by atoms with Crippen LogP contribution < -0.4 is 15.4 Å². The number of benzene rings is 2. The Morgan fingerprint density at radius 1 is 1.10 bits per heavy atom. The van der Waals surface area contributed by atoms with Gasteiger partial charge in [0.1, 0.15) is 12.3 Å². The maximum atomic E-state index is 12.7. The maximum absolute atomic E-state index is 12.7. The largest absolute Gasteiger partial charge is 0.474 e. The summed E-state index contributed by atoms with van der Waals surface area (Å²) in [6.07, 6.45) is 3.76. The van der Waals surface area contributed by atoms with Crippen molar-refractivity contribution < 1.29 is 9.53 Å². The van der Waals surface area contributed by atoms with E-state index in [0.717, 1.165) is 56.8 Å². The summed E-state index contributed by atoms with van der Waals surface area (Å²) in [4.78, 5) is 20.6. The van der Waals surface area contributed by atoms with E-state index < -0.39 is 0 Å². The van der Waals surface area contributed by atoms with Crippen LogP contribution in [0.25, 0.3) is 33.7 Å². The lowest BCUT2D eigenvalue weighted by molar-refractivity contribution is -0.110. The normalized spacial score (nSPS) is 15.9. The van der Waals surface area contributed by atoms with E-state index in [0.29, 0.717) is 18.1 Å². The predicted octanol–water partition coefficient (Wildman–Crippen LogP) is 4.84. The molecule has 0 atom stereocenters. The van der Waals surface area contributed by atoms with Crippen LogP contribution in [0.15, 0.2) is 54.7 Å². The van der Waals surface area contributed by atoms with Gasteiger partial charge in [0.15, 0.2) is 0 Å². The number of hydrogen-bond donors (Lipinski definition) is 3. The molecule has 4 heterocycles. The molecule has 2 aromatic carbocycles. The fourth-order valence-corrected chi connectivity index (χ4v) is 4.34. The number of ether oxygens (including phenoxy) is 1. The number of fused-ring (bicyclic) bond motifs is 3. The topological polar surface area (TPSA) is 79.0 Å². The highest BCUT2D eigenvalue weighted by atomic mass is 16.5. The van der Waals surface area contributed by atoms with Crippen LogP contribution in [0.2, 0.25) is 0 Å². The van der Waals surface area contributed by atoms with Crippen LogP contribution in [0.4, 0.5) is 11.4 Å². The second-order valence-corrected chi connectivity index (χ2v) is 7.84. The monoisotopic (exact) mass is 408 g/mol. The molecule has 0 saturated heterocycles. The highest BCUT2D eigenvalue weighted by molar-refractivity contribution is 6.35. The summed E-state index contributed by atoms with van der Waals surface area (Å²) in [5.41, 5.74) is 8.36.